The van der Waals surface area contributed by atoms with Crippen molar-refractivity contribution in [2.24, 2.45) is 5.92 Å². The summed E-state index contributed by atoms with van der Waals surface area (Å²) in [6.45, 7) is 3.96. The lowest BCUT2D eigenvalue weighted by Gasteiger charge is -2.19. The topological polar surface area (TPSA) is 46.5 Å². The molecule has 0 fully saturated rings. The summed E-state index contributed by atoms with van der Waals surface area (Å²) in [5, 5.41) is 9.99. The minimum absolute atomic E-state index is 0.340. The minimum atomic E-state index is -0.605. The molecule has 1 N–H and O–H groups in total. The Morgan fingerprint density at radius 2 is 1.94 bits per heavy atom. The predicted octanol–water partition coefficient (Wildman–Crippen LogP) is 3.17. The molecule has 2 unspecified atom stereocenters. The Morgan fingerprint density at radius 1 is 1.28 bits per heavy atom. The summed E-state index contributed by atoms with van der Waals surface area (Å²) in [7, 11) is 0. The van der Waals surface area contributed by atoms with Crippen LogP contribution in [-0.2, 0) is 4.79 Å². The summed E-state index contributed by atoms with van der Waals surface area (Å²) >= 11 is 0. The van der Waals surface area contributed by atoms with E-state index in [1.54, 1.807) is 12.1 Å². The summed E-state index contributed by atoms with van der Waals surface area (Å²) in [6.07, 6.45) is 2.58. The van der Waals surface area contributed by atoms with Gasteiger partial charge in [-0.15, -0.1) is 0 Å². The summed E-state index contributed by atoms with van der Waals surface area (Å²) in [6, 6.07) is 8.98. The molecular formula is C15H22O3. The van der Waals surface area contributed by atoms with Crippen molar-refractivity contribution in [2.45, 2.75) is 45.6 Å². The van der Waals surface area contributed by atoms with Gasteiger partial charge in [-0.2, -0.15) is 0 Å². The van der Waals surface area contributed by atoms with Crippen molar-refractivity contribution in [1.82, 2.24) is 0 Å². The van der Waals surface area contributed by atoms with Crippen LogP contribution in [0, 0.1) is 5.92 Å². The number of aliphatic hydroxyl groups is 1. The van der Waals surface area contributed by atoms with E-state index >= 15 is 0 Å². The van der Waals surface area contributed by atoms with Gasteiger partial charge in [0.05, 0.1) is 12.0 Å². The van der Waals surface area contributed by atoms with E-state index in [-0.39, 0.29) is 5.97 Å². The first-order valence-electron chi connectivity index (χ1n) is 6.63. The van der Waals surface area contributed by atoms with Crippen molar-refractivity contribution in [1.29, 1.82) is 0 Å². The van der Waals surface area contributed by atoms with Crippen LogP contribution in [0.4, 0.5) is 0 Å². The van der Waals surface area contributed by atoms with E-state index in [4.69, 9.17) is 4.74 Å². The van der Waals surface area contributed by atoms with E-state index < -0.39 is 12.0 Å². The molecule has 0 saturated carbocycles. The molecule has 0 spiro atoms. The van der Waals surface area contributed by atoms with Gasteiger partial charge in [0.15, 0.2) is 0 Å². The van der Waals surface area contributed by atoms with Crippen molar-refractivity contribution in [3.05, 3.63) is 30.3 Å². The summed E-state index contributed by atoms with van der Waals surface area (Å²) in [4.78, 5) is 12.0. The standard InChI is InChI=1S/C15H22O3/c1-3-5-11-14(16)13(4-2)15(17)18-12-9-7-6-8-10-12/h6-10,13-14,16H,3-5,11H2,1-2H3. The van der Waals surface area contributed by atoms with E-state index in [0.717, 1.165) is 12.8 Å². The highest BCUT2D eigenvalue weighted by Gasteiger charge is 2.26. The highest BCUT2D eigenvalue weighted by Crippen LogP contribution is 2.18. The second kappa shape index (κ2) is 7.88. The molecule has 100 valence electrons. The summed E-state index contributed by atoms with van der Waals surface area (Å²) in [5.41, 5.74) is 0. The van der Waals surface area contributed by atoms with Gasteiger partial charge < -0.3 is 9.84 Å². The zero-order valence-electron chi connectivity index (χ0n) is 11.1. The Morgan fingerprint density at radius 3 is 2.50 bits per heavy atom. The number of unbranched alkanes of at least 4 members (excludes halogenated alkanes) is 1. The zero-order chi connectivity index (χ0) is 13.4. The lowest BCUT2D eigenvalue weighted by Crippen LogP contribution is -2.31. The number of carbonyl (C=O) groups is 1. The van der Waals surface area contributed by atoms with Gasteiger partial charge in [0.1, 0.15) is 5.75 Å². The monoisotopic (exact) mass is 250 g/mol. The Labute approximate surface area is 109 Å². The smallest absolute Gasteiger partial charge is 0.316 e. The quantitative estimate of drug-likeness (QED) is 0.597. The number of para-hydroxylation sites is 1. The van der Waals surface area contributed by atoms with E-state index in [2.05, 4.69) is 6.92 Å². The van der Waals surface area contributed by atoms with Crippen LogP contribution in [0.2, 0.25) is 0 Å². The van der Waals surface area contributed by atoms with Crippen LogP contribution in [0.3, 0.4) is 0 Å². The number of hydrogen-bond acceptors (Lipinski definition) is 3. The van der Waals surface area contributed by atoms with Crippen LogP contribution < -0.4 is 4.74 Å². The molecule has 1 rings (SSSR count). The maximum Gasteiger partial charge on any atom is 0.316 e. The van der Waals surface area contributed by atoms with E-state index in [1.807, 2.05) is 25.1 Å². The van der Waals surface area contributed by atoms with Crippen LogP contribution in [0.25, 0.3) is 0 Å². The average Bonchev–Trinajstić information content (AvgIpc) is 2.38. The lowest BCUT2D eigenvalue weighted by molar-refractivity contribution is -0.143. The molecular weight excluding hydrogens is 228 g/mol. The minimum Gasteiger partial charge on any atom is -0.426 e. The maximum atomic E-state index is 12.0. The molecule has 0 bridgehead atoms. The van der Waals surface area contributed by atoms with Crippen LogP contribution in [-0.4, -0.2) is 17.2 Å². The fourth-order valence-corrected chi connectivity index (χ4v) is 1.89. The Balaban J connectivity index is 2.56. The van der Waals surface area contributed by atoms with Crippen molar-refractivity contribution in [2.75, 3.05) is 0 Å². The van der Waals surface area contributed by atoms with Gasteiger partial charge in [0, 0.05) is 0 Å². The summed E-state index contributed by atoms with van der Waals surface area (Å²) < 4.78 is 5.27. The Hall–Kier alpha value is -1.35. The largest absolute Gasteiger partial charge is 0.426 e. The number of aliphatic hydroxyl groups excluding tert-OH is 1. The number of hydrogen-bond donors (Lipinski definition) is 1. The molecule has 0 heterocycles. The van der Waals surface area contributed by atoms with Crippen LogP contribution in [0.15, 0.2) is 30.3 Å². The third kappa shape index (κ3) is 4.49. The van der Waals surface area contributed by atoms with E-state index in [9.17, 15) is 9.90 Å². The predicted molar refractivity (Wildman–Crippen MR) is 71.4 cm³/mol. The first-order chi connectivity index (χ1) is 8.69. The van der Waals surface area contributed by atoms with Crippen molar-refractivity contribution in [3.63, 3.8) is 0 Å². The molecule has 3 nitrogen and oxygen atoms in total. The van der Waals surface area contributed by atoms with E-state index in [0.29, 0.717) is 18.6 Å². The Kier molecular flexibility index (Phi) is 6.44. The Bertz CT molecular complexity index is 348. The van der Waals surface area contributed by atoms with Gasteiger partial charge >= 0.3 is 5.97 Å². The second-order valence-electron chi connectivity index (χ2n) is 4.46. The second-order valence-corrected chi connectivity index (χ2v) is 4.46. The van der Waals surface area contributed by atoms with Crippen molar-refractivity contribution >= 4 is 5.97 Å². The molecule has 0 aliphatic heterocycles. The van der Waals surface area contributed by atoms with Crippen molar-refractivity contribution in [3.8, 4) is 5.75 Å². The van der Waals surface area contributed by atoms with Gasteiger partial charge in [0.25, 0.3) is 0 Å². The van der Waals surface area contributed by atoms with Gasteiger partial charge in [-0.3, -0.25) is 4.79 Å². The molecule has 2 atom stereocenters. The van der Waals surface area contributed by atoms with E-state index in [1.165, 1.54) is 0 Å². The van der Waals surface area contributed by atoms with Crippen LogP contribution in [0.1, 0.15) is 39.5 Å². The fourth-order valence-electron chi connectivity index (χ4n) is 1.89. The van der Waals surface area contributed by atoms with Gasteiger partial charge in [0.2, 0.25) is 0 Å². The number of ether oxygens (including phenoxy) is 1. The molecule has 1 aromatic rings. The van der Waals surface area contributed by atoms with Crippen LogP contribution >= 0.6 is 0 Å². The summed E-state index contributed by atoms with van der Waals surface area (Å²) in [5.74, 6) is -0.243. The molecule has 0 aliphatic rings. The van der Waals surface area contributed by atoms with Gasteiger partial charge in [-0.25, -0.2) is 0 Å². The first kappa shape index (κ1) is 14.7. The third-order valence-corrected chi connectivity index (χ3v) is 3.02. The maximum absolute atomic E-state index is 12.0. The van der Waals surface area contributed by atoms with Crippen molar-refractivity contribution < 1.29 is 14.6 Å². The highest BCUT2D eigenvalue weighted by molar-refractivity contribution is 5.75. The van der Waals surface area contributed by atoms with Gasteiger partial charge in [-0.1, -0.05) is 44.9 Å². The SMILES string of the molecule is CCCCC(O)C(CC)C(=O)Oc1ccccc1. The molecule has 3 heteroatoms. The third-order valence-electron chi connectivity index (χ3n) is 3.02. The number of carbonyl (C=O) groups excluding carboxylic acids is 1. The number of esters is 1. The number of rotatable bonds is 7. The average molecular weight is 250 g/mol. The molecule has 0 aromatic heterocycles. The molecule has 0 aliphatic carbocycles. The first-order valence-corrected chi connectivity index (χ1v) is 6.63. The molecule has 0 saturated heterocycles. The normalized spacial score (nSPS) is 13.9. The zero-order valence-corrected chi connectivity index (χ0v) is 11.1. The molecule has 0 radical (unpaired) electrons. The highest BCUT2D eigenvalue weighted by atomic mass is 16.5. The molecule has 18 heavy (non-hydrogen) atoms. The fraction of sp³-hybridized carbons (Fsp3) is 0.533. The molecule has 0 amide bonds. The molecule has 1 aromatic carbocycles. The number of benzene rings is 1. The van der Waals surface area contributed by atoms with Gasteiger partial charge in [-0.05, 0) is 25.0 Å². The lowest BCUT2D eigenvalue weighted by atomic mass is 9.95. The van der Waals surface area contributed by atoms with Crippen LogP contribution in [0.5, 0.6) is 5.75 Å².